The van der Waals surface area contributed by atoms with Gasteiger partial charge in [-0.3, -0.25) is 4.79 Å². The molecule has 0 atom stereocenters. The van der Waals surface area contributed by atoms with Crippen LogP contribution in [-0.4, -0.2) is 39.3 Å². The monoisotopic (exact) mass is 462 g/mol. The number of aliphatic hydroxyl groups is 1. The van der Waals surface area contributed by atoms with Crippen LogP contribution in [0.5, 0.6) is 0 Å². The van der Waals surface area contributed by atoms with Gasteiger partial charge in [-0.15, -0.1) is 0 Å². The average molecular weight is 463 g/mol. The zero-order valence-electron chi connectivity index (χ0n) is 20.2. The standard InChI is InChI=1S/C23H28F2O2.C3H4O.CH4O/c1-15(2)10-11-16(3)18(5)22(24)23(25)19(6)17(4)14-21(12-13-26-8)20(7)27-9;1-2-3-4;1-2/h10-11,14H,1,3-7,12-13H2,2,8-9H3;2-3H,1H2;2H,1H3/b11-10-,21-14-,23-22-;;. The van der Waals surface area contributed by atoms with Crippen LogP contribution in [0.3, 0.4) is 0 Å². The van der Waals surface area contributed by atoms with E-state index in [9.17, 15) is 8.78 Å². The molecule has 0 radical (unpaired) electrons. The molecule has 0 saturated carbocycles. The van der Waals surface area contributed by atoms with E-state index in [2.05, 4.69) is 46.1 Å². The van der Waals surface area contributed by atoms with Crippen LogP contribution < -0.4 is 0 Å². The van der Waals surface area contributed by atoms with Crippen molar-refractivity contribution in [3.8, 4) is 0 Å². The Hall–Kier alpha value is -3.35. The second-order valence-corrected chi connectivity index (χ2v) is 6.23. The highest BCUT2D eigenvalue weighted by Crippen LogP contribution is 2.30. The number of carbonyl (C=O) groups is 1. The molecule has 0 saturated heterocycles. The second-order valence-electron chi connectivity index (χ2n) is 6.23. The van der Waals surface area contributed by atoms with Gasteiger partial charge in [0.05, 0.1) is 13.7 Å². The molecule has 0 bridgehead atoms. The minimum absolute atomic E-state index is 0.177. The third-order valence-corrected chi connectivity index (χ3v) is 3.69. The van der Waals surface area contributed by atoms with E-state index in [1.54, 1.807) is 26.2 Å². The summed E-state index contributed by atoms with van der Waals surface area (Å²) in [6.07, 6.45) is 6.99. The van der Waals surface area contributed by atoms with E-state index >= 15 is 0 Å². The first-order valence-corrected chi connectivity index (χ1v) is 9.57. The fraction of sp³-hybridized carbons (Fsp3) is 0.222. The van der Waals surface area contributed by atoms with Crippen molar-refractivity contribution in [1.29, 1.82) is 0 Å². The van der Waals surface area contributed by atoms with Gasteiger partial charge in [-0.05, 0) is 42.2 Å². The number of rotatable bonds is 13. The van der Waals surface area contributed by atoms with Gasteiger partial charge in [-0.2, -0.15) is 0 Å². The average Bonchev–Trinajstić information content (AvgIpc) is 2.83. The molecule has 6 heteroatoms. The zero-order valence-corrected chi connectivity index (χ0v) is 20.2. The lowest BCUT2D eigenvalue weighted by atomic mass is 9.99. The molecule has 182 valence electrons. The number of ether oxygens (including phenoxy) is 2. The van der Waals surface area contributed by atoms with E-state index in [0.717, 1.165) is 12.7 Å². The number of methoxy groups -OCH3 is 2. The SMILES string of the molecule is C=C(C)/C=C\C(=C)C(=C)/C(F)=C(/F)C(=C)C(=C)/C=C(/CCOC)C(=C)OC.C=CC=O.CO. The molecule has 0 aromatic carbocycles. The molecule has 0 spiro atoms. The normalized spacial score (nSPS) is 10.9. The third kappa shape index (κ3) is 15.1. The van der Waals surface area contributed by atoms with E-state index in [0.29, 0.717) is 30.6 Å². The zero-order chi connectivity index (χ0) is 26.6. The van der Waals surface area contributed by atoms with Crippen LogP contribution in [0.15, 0.2) is 121 Å². The number of aldehydes is 1. The number of allylic oxidation sites excluding steroid dienone is 12. The lowest BCUT2D eigenvalue weighted by Crippen LogP contribution is -1.99. The maximum atomic E-state index is 14.5. The Bertz CT molecular complexity index is 834. The number of carbonyl (C=O) groups excluding carboxylic acids is 1. The van der Waals surface area contributed by atoms with Crippen molar-refractivity contribution < 1.29 is 28.2 Å². The van der Waals surface area contributed by atoms with Gasteiger partial charge < -0.3 is 14.6 Å². The molecule has 0 aliphatic carbocycles. The van der Waals surface area contributed by atoms with Crippen LogP contribution in [0, 0.1) is 0 Å². The van der Waals surface area contributed by atoms with Gasteiger partial charge in [0.2, 0.25) is 0 Å². The minimum atomic E-state index is -1.15. The third-order valence-electron chi connectivity index (χ3n) is 3.69. The maximum Gasteiger partial charge on any atom is 0.166 e. The summed E-state index contributed by atoms with van der Waals surface area (Å²) in [4.78, 5) is 9.06. The molecule has 0 aromatic heterocycles. The van der Waals surface area contributed by atoms with Crippen molar-refractivity contribution in [3.05, 3.63) is 121 Å². The van der Waals surface area contributed by atoms with Crippen LogP contribution in [0.2, 0.25) is 0 Å². The van der Waals surface area contributed by atoms with Crippen molar-refractivity contribution >= 4 is 6.29 Å². The number of hydrogen-bond donors (Lipinski definition) is 1. The van der Waals surface area contributed by atoms with Gasteiger partial charge >= 0.3 is 0 Å². The molecule has 4 nitrogen and oxygen atoms in total. The summed E-state index contributed by atoms with van der Waals surface area (Å²) < 4.78 is 39.1. The Balaban J connectivity index is -0.00000134. The molecule has 0 aliphatic rings. The number of aliphatic hydroxyl groups excluding tert-OH is 1. The van der Waals surface area contributed by atoms with Gasteiger partial charge in [0.25, 0.3) is 0 Å². The summed E-state index contributed by atoms with van der Waals surface area (Å²) in [6.45, 7) is 27.3. The molecule has 0 unspecified atom stereocenters. The Kier molecular flexibility index (Phi) is 21.3. The van der Waals surface area contributed by atoms with E-state index in [4.69, 9.17) is 19.4 Å². The van der Waals surface area contributed by atoms with Crippen LogP contribution in [0.4, 0.5) is 8.78 Å². The molecule has 33 heavy (non-hydrogen) atoms. The first-order valence-electron chi connectivity index (χ1n) is 9.57. The van der Waals surface area contributed by atoms with E-state index in [1.165, 1.54) is 19.3 Å². The summed E-state index contributed by atoms with van der Waals surface area (Å²) in [5, 5.41) is 7.00. The van der Waals surface area contributed by atoms with Crippen LogP contribution in [0.1, 0.15) is 13.3 Å². The van der Waals surface area contributed by atoms with E-state index < -0.39 is 11.7 Å². The Morgan fingerprint density at radius 3 is 1.73 bits per heavy atom. The summed E-state index contributed by atoms with van der Waals surface area (Å²) >= 11 is 0. The lowest BCUT2D eigenvalue weighted by Gasteiger charge is -2.12. The fourth-order valence-corrected chi connectivity index (χ4v) is 1.82. The molecule has 0 aliphatic heterocycles. The van der Waals surface area contributed by atoms with Crippen molar-refractivity contribution in [3.63, 3.8) is 0 Å². The molecule has 0 aromatic rings. The molecule has 1 N–H and O–H groups in total. The molecular weight excluding hydrogens is 426 g/mol. The van der Waals surface area contributed by atoms with Crippen LogP contribution >= 0.6 is 0 Å². The quantitative estimate of drug-likeness (QED) is 0.145. The van der Waals surface area contributed by atoms with Gasteiger partial charge in [-0.1, -0.05) is 63.8 Å². The van der Waals surface area contributed by atoms with Crippen LogP contribution in [-0.2, 0) is 14.3 Å². The number of halogens is 2. The minimum Gasteiger partial charge on any atom is -0.497 e. The molecule has 0 heterocycles. The van der Waals surface area contributed by atoms with Crippen molar-refractivity contribution in [2.24, 2.45) is 0 Å². The topological polar surface area (TPSA) is 55.8 Å². The summed E-state index contributed by atoms with van der Waals surface area (Å²) in [5.41, 5.74) is 1.43. The van der Waals surface area contributed by atoms with Crippen LogP contribution in [0.25, 0.3) is 0 Å². The Morgan fingerprint density at radius 1 is 0.909 bits per heavy atom. The first kappa shape index (κ1) is 34.3. The smallest absolute Gasteiger partial charge is 0.166 e. The first-order chi connectivity index (χ1) is 15.5. The van der Waals surface area contributed by atoms with Gasteiger partial charge in [0.15, 0.2) is 11.7 Å². The Labute approximate surface area is 197 Å². The summed E-state index contributed by atoms with van der Waals surface area (Å²) in [7, 11) is 4.02. The largest absolute Gasteiger partial charge is 0.497 e. The van der Waals surface area contributed by atoms with Gasteiger partial charge in [-0.25, -0.2) is 8.78 Å². The van der Waals surface area contributed by atoms with Crippen molar-refractivity contribution in [2.75, 3.05) is 27.9 Å². The van der Waals surface area contributed by atoms with Crippen molar-refractivity contribution in [1.82, 2.24) is 0 Å². The summed E-state index contributed by atoms with van der Waals surface area (Å²) in [5.74, 6) is -1.91. The second kappa shape index (κ2) is 20.5. The molecule has 0 rings (SSSR count). The lowest BCUT2D eigenvalue weighted by molar-refractivity contribution is -0.104. The van der Waals surface area contributed by atoms with E-state index in [1.807, 2.05) is 0 Å². The molecule has 0 amide bonds. The summed E-state index contributed by atoms with van der Waals surface area (Å²) in [6, 6.07) is 0. The highest BCUT2D eigenvalue weighted by atomic mass is 19.2. The highest BCUT2D eigenvalue weighted by molar-refractivity contribution is 5.63. The predicted molar refractivity (Wildman–Crippen MR) is 135 cm³/mol. The van der Waals surface area contributed by atoms with E-state index in [-0.39, 0.29) is 22.3 Å². The highest BCUT2D eigenvalue weighted by Gasteiger charge is 2.16. The van der Waals surface area contributed by atoms with Gasteiger partial charge in [0.1, 0.15) is 12.0 Å². The predicted octanol–water partition coefficient (Wildman–Crippen LogP) is 6.60. The fourth-order valence-electron chi connectivity index (χ4n) is 1.82. The number of hydrogen-bond acceptors (Lipinski definition) is 4. The Morgan fingerprint density at radius 2 is 1.36 bits per heavy atom. The maximum absolute atomic E-state index is 14.5. The molecule has 0 fully saturated rings. The molecular formula is C27H36F2O4. The van der Waals surface area contributed by atoms with Crippen molar-refractivity contribution in [2.45, 2.75) is 13.3 Å². The van der Waals surface area contributed by atoms with Gasteiger partial charge in [0, 0.05) is 25.4 Å².